The van der Waals surface area contributed by atoms with Crippen LogP contribution in [0.3, 0.4) is 0 Å². The van der Waals surface area contributed by atoms with Gasteiger partial charge in [0.05, 0.1) is 27.4 Å². The molecule has 0 unspecified atom stereocenters. The van der Waals surface area contributed by atoms with E-state index in [1.165, 1.54) is 12.1 Å². The Morgan fingerprint density at radius 3 is 1.97 bits per heavy atom. The first-order valence-electron chi connectivity index (χ1n) is 10.3. The second-order valence-electron chi connectivity index (χ2n) is 7.40. The second-order valence-corrected chi connectivity index (χ2v) is 7.40. The molecule has 3 aromatic rings. The van der Waals surface area contributed by atoms with Crippen molar-refractivity contribution in [3.05, 3.63) is 89.2 Å². The third-order valence-corrected chi connectivity index (χ3v) is 5.43. The molecule has 0 aliphatic rings. The highest BCUT2D eigenvalue weighted by Crippen LogP contribution is 2.38. The number of ether oxygens (including phenoxy) is 3. The topological polar surface area (TPSA) is 48.0 Å². The van der Waals surface area contributed by atoms with E-state index in [9.17, 15) is 9.18 Å². The van der Waals surface area contributed by atoms with E-state index < -0.39 is 0 Å². The third-order valence-electron chi connectivity index (χ3n) is 5.43. The van der Waals surface area contributed by atoms with Crippen LogP contribution < -0.4 is 14.2 Å². The molecule has 168 valence electrons. The second kappa shape index (κ2) is 10.7. The van der Waals surface area contributed by atoms with Crippen LogP contribution in [-0.2, 0) is 11.2 Å². The maximum absolute atomic E-state index is 13.5. The van der Waals surface area contributed by atoms with Gasteiger partial charge in [-0.3, -0.25) is 4.79 Å². The molecule has 0 heterocycles. The minimum Gasteiger partial charge on any atom is -0.493 e. The molecule has 0 aromatic heterocycles. The van der Waals surface area contributed by atoms with E-state index in [1.54, 1.807) is 45.4 Å². The number of halogens is 1. The Morgan fingerprint density at radius 2 is 1.44 bits per heavy atom. The Labute approximate surface area is 188 Å². The number of amides is 1. The van der Waals surface area contributed by atoms with E-state index in [0.717, 1.165) is 16.7 Å². The first-order valence-corrected chi connectivity index (χ1v) is 10.3. The summed E-state index contributed by atoms with van der Waals surface area (Å²) in [5, 5.41) is 0. The van der Waals surface area contributed by atoms with Crippen molar-refractivity contribution in [1.29, 1.82) is 0 Å². The molecule has 0 fully saturated rings. The fourth-order valence-corrected chi connectivity index (χ4v) is 3.77. The average molecular weight is 438 g/mol. The Balaban J connectivity index is 1.82. The standard InChI is InChI=1S/C26H28FNO4/c1-28(25(19-8-6-5-7-9-19)20-11-13-21(27)14-12-20)24(29)15-10-18-16-22(30-2)26(32-4)23(17-18)31-3/h5-9,11-14,16-17,25H,10,15H2,1-4H3/t25-/m1/s1. The molecular weight excluding hydrogens is 409 g/mol. The van der Waals surface area contributed by atoms with Gasteiger partial charge in [0.2, 0.25) is 11.7 Å². The average Bonchev–Trinajstić information content (AvgIpc) is 2.83. The molecule has 1 atom stereocenters. The van der Waals surface area contributed by atoms with Crippen molar-refractivity contribution in [3.63, 3.8) is 0 Å². The number of methoxy groups -OCH3 is 3. The van der Waals surface area contributed by atoms with Crippen molar-refractivity contribution >= 4 is 5.91 Å². The van der Waals surface area contributed by atoms with Crippen molar-refractivity contribution in [1.82, 2.24) is 4.90 Å². The Kier molecular flexibility index (Phi) is 7.71. The van der Waals surface area contributed by atoms with Gasteiger partial charge in [0, 0.05) is 13.5 Å². The lowest BCUT2D eigenvalue weighted by atomic mass is 9.96. The summed E-state index contributed by atoms with van der Waals surface area (Å²) in [6.07, 6.45) is 0.796. The van der Waals surface area contributed by atoms with Crippen LogP contribution in [0.2, 0.25) is 0 Å². The minimum atomic E-state index is -0.316. The van der Waals surface area contributed by atoms with Crippen molar-refractivity contribution in [2.24, 2.45) is 0 Å². The number of carbonyl (C=O) groups is 1. The molecule has 0 radical (unpaired) electrons. The first-order chi connectivity index (χ1) is 15.5. The molecule has 0 saturated carbocycles. The molecule has 0 bridgehead atoms. The van der Waals surface area contributed by atoms with Crippen LogP contribution in [0.15, 0.2) is 66.7 Å². The van der Waals surface area contributed by atoms with Gasteiger partial charge < -0.3 is 19.1 Å². The van der Waals surface area contributed by atoms with E-state index >= 15 is 0 Å². The molecule has 3 rings (SSSR count). The molecule has 1 amide bonds. The van der Waals surface area contributed by atoms with Crippen LogP contribution >= 0.6 is 0 Å². The highest BCUT2D eigenvalue weighted by molar-refractivity contribution is 5.77. The van der Waals surface area contributed by atoms with E-state index in [0.29, 0.717) is 30.1 Å². The first kappa shape index (κ1) is 23.1. The maximum atomic E-state index is 13.5. The number of rotatable bonds is 9. The number of nitrogens with zero attached hydrogens (tertiary/aromatic N) is 1. The van der Waals surface area contributed by atoms with Crippen LogP contribution in [0.5, 0.6) is 17.2 Å². The van der Waals surface area contributed by atoms with Crippen LogP contribution in [0.1, 0.15) is 29.2 Å². The molecule has 0 N–H and O–H groups in total. The zero-order chi connectivity index (χ0) is 23.1. The fourth-order valence-electron chi connectivity index (χ4n) is 3.77. The molecular formula is C26H28FNO4. The Bertz CT molecular complexity index is 1010. The quantitative estimate of drug-likeness (QED) is 0.471. The van der Waals surface area contributed by atoms with Gasteiger partial charge in [0.15, 0.2) is 11.5 Å². The summed E-state index contributed by atoms with van der Waals surface area (Å²) in [4.78, 5) is 14.9. The van der Waals surface area contributed by atoms with Crippen LogP contribution in [0.25, 0.3) is 0 Å². The zero-order valence-corrected chi connectivity index (χ0v) is 18.8. The lowest BCUT2D eigenvalue weighted by Gasteiger charge is -2.29. The summed E-state index contributed by atoms with van der Waals surface area (Å²) < 4.78 is 29.7. The van der Waals surface area contributed by atoms with E-state index in [1.807, 2.05) is 42.5 Å². The smallest absolute Gasteiger partial charge is 0.223 e. The summed E-state index contributed by atoms with van der Waals surface area (Å²) in [7, 11) is 6.45. The summed E-state index contributed by atoms with van der Waals surface area (Å²) >= 11 is 0. The molecule has 6 heteroatoms. The Morgan fingerprint density at radius 1 is 0.875 bits per heavy atom. The van der Waals surface area contributed by atoms with Gasteiger partial charge >= 0.3 is 0 Å². The van der Waals surface area contributed by atoms with Gasteiger partial charge in [0.1, 0.15) is 5.82 Å². The molecule has 32 heavy (non-hydrogen) atoms. The van der Waals surface area contributed by atoms with Crippen molar-refractivity contribution < 1.29 is 23.4 Å². The van der Waals surface area contributed by atoms with Crippen molar-refractivity contribution in [2.75, 3.05) is 28.4 Å². The van der Waals surface area contributed by atoms with Gasteiger partial charge in [0.25, 0.3) is 0 Å². The van der Waals surface area contributed by atoms with Crippen molar-refractivity contribution in [3.8, 4) is 17.2 Å². The summed E-state index contributed by atoms with van der Waals surface area (Å²) in [5.41, 5.74) is 2.71. The van der Waals surface area contributed by atoms with Gasteiger partial charge in [-0.2, -0.15) is 0 Å². The fraction of sp³-hybridized carbons (Fsp3) is 0.269. The number of hydrogen-bond donors (Lipinski definition) is 0. The predicted octanol–water partition coefficient (Wildman–Crippen LogP) is 5.03. The lowest BCUT2D eigenvalue weighted by Crippen LogP contribution is -2.32. The predicted molar refractivity (Wildman–Crippen MR) is 122 cm³/mol. The van der Waals surface area contributed by atoms with Gasteiger partial charge in [-0.1, -0.05) is 42.5 Å². The zero-order valence-electron chi connectivity index (χ0n) is 18.8. The maximum Gasteiger partial charge on any atom is 0.223 e. The molecule has 0 aliphatic heterocycles. The normalized spacial score (nSPS) is 11.5. The lowest BCUT2D eigenvalue weighted by molar-refractivity contribution is -0.131. The van der Waals surface area contributed by atoms with Crippen LogP contribution in [0.4, 0.5) is 4.39 Å². The van der Waals surface area contributed by atoms with Crippen LogP contribution in [0, 0.1) is 5.82 Å². The molecule has 5 nitrogen and oxygen atoms in total. The van der Waals surface area contributed by atoms with Gasteiger partial charge in [-0.15, -0.1) is 0 Å². The summed E-state index contributed by atoms with van der Waals surface area (Å²) in [6, 6.07) is 19.4. The highest BCUT2D eigenvalue weighted by Gasteiger charge is 2.24. The Hall–Kier alpha value is -3.54. The molecule has 3 aromatic carbocycles. The highest BCUT2D eigenvalue weighted by atomic mass is 19.1. The van der Waals surface area contributed by atoms with E-state index in [4.69, 9.17) is 14.2 Å². The number of hydrogen-bond acceptors (Lipinski definition) is 4. The minimum absolute atomic E-state index is 0.0306. The molecule has 0 aliphatic carbocycles. The number of benzene rings is 3. The number of carbonyl (C=O) groups excluding carboxylic acids is 1. The number of aryl methyl sites for hydroxylation is 1. The summed E-state index contributed by atoms with van der Waals surface area (Å²) in [6.45, 7) is 0. The van der Waals surface area contributed by atoms with E-state index in [2.05, 4.69) is 0 Å². The van der Waals surface area contributed by atoms with Crippen LogP contribution in [-0.4, -0.2) is 39.2 Å². The summed E-state index contributed by atoms with van der Waals surface area (Å²) in [5.74, 6) is 1.28. The monoisotopic (exact) mass is 437 g/mol. The van der Waals surface area contributed by atoms with E-state index in [-0.39, 0.29) is 17.8 Å². The third kappa shape index (κ3) is 5.19. The molecule has 0 saturated heterocycles. The SMILES string of the molecule is COc1cc(CCC(=O)N(C)[C@H](c2ccccc2)c2ccc(F)cc2)cc(OC)c1OC. The van der Waals surface area contributed by atoms with Gasteiger partial charge in [-0.05, 0) is 47.4 Å². The van der Waals surface area contributed by atoms with Gasteiger partial charge in [-0.25, -0.2) is 4.39 Å². The molecule has 0 spiro atoms. The largest absolute Gasteiger partial charge is 0.493 e. The van der Waals surface area contributed by atoms with Crippen molar-refractivity contribution in [2.45, 2.75) is 18.9 Å².